The zero-order valence-corrected chi connectivity index (χ0v) is 11.8. The maximum atomic E-state index is 8.80. The van der Waals surface area contributed by atoms with Gasteiger partial charge in [-0.1, -0.05) is 38.1 Å². The quantitative estimate of drug-likeness (QED) is 0.917. The van der Waals surface area contributed by atoms with E-state index in [0.717, 1.165) is 24.2 Å². The van der Waals surface area contributed by atoms with E-state index in [2.05, 4.69) is 55.3 Å². The van der Waals surface area contributed by atoms with Crippen molar-refractivity contribution in [3.63, 3.8) is 0 Å². The minimum absolute atomic E-state index is 0.160. The van der Waals surface area contributed by atoms with Crippen molar-refractivity contribution in [1.29, 1.82) is 0 Å². The lowest BCUT2D eigenvalue weighted by molar-refractivity contribution is 0.288. The molecule has 4 nitrogen and oxygen atoms in total. The molecule has 102 valence electrons. The van der Waals surface area contributed by atoms with Gasteiger partial charge in [0, 0.05) is 6.61 Å². The second kappa shape index (κ2) is 5.53. The first-order chi connectivity index (χ1) is 9.00. The summed E-state index contributed by atoms with van der Waals surface area (Å²) in [7, 11) is 0. The monoisotopic (exact) mass is 259 g/mol. The van der Waals surface area contributed by atoms with Gasteiger partial charge in [0.1, 0.15) is 0 Å². The number of rotatable bonds is 4. The van der Waals surface area contributed by atoms with Gasteiger partial charge in [-0.3, -0.25) is 0 Å². The zero-order chi connectivity index (χ0) is 13.9. The summed E-state index contributed by atoms with van der Waals surface area (Å²) in [5.74, 6) is 0. The summed E-state index contributed by atoms with van der Waals surface area (Å²) in [6, 6.07) is 8.38. The minimum Gasteiger partial charge on any atom is -0.396 e. The van der Waals surface area contributed by atoms with Crippen LogP contribution in [-0.2, 0) is 11.8 Å². The second-order valence-corrected chi connectivity index (χ2v) is 5.78. The molecule has 0 aliphatic heterocycles. The first-order valence-corrected chi connectivity index (χ1v) is 6.64. The summed E-state index contributed by atoms with van der Waals surface area (Å²) < 4.78 is 1.78. The number of hydrogen-bond donors (Lipinski definition) is 1. The van der Waals surface area contributed by atoms with Crippen LogP contribution in [0.1, 0.15) is 38.4 Å². The summed E-state index contributed by atoms with van der Waals surface area (Å²) in [6.45, 7) is 6.78. The van der Waals surface area contributed by atoms with Crippen LogP contribution < -0.4 is 0 Å². The molecule has 1 aromatic heterocycles. The largest absolute Gasteiger partial charge is 0.396 e. The molecule has 1 heterocycles. The van der Waals surface area contributed by atoms with Gasteiger partial charge >= 0.3 is 0 Å². The van der Waals surface area contributed by atoms with Gasteiger partial charge in [0.25, 0.3) is 0 Å². The van der Waals surface area contributed by atoms with E-state index in [9.17, 15) is 0 Å². The fourth-order valence-electron chi connectivity index (χ4n) is 1.91. The lowest BCUT2D eigenvalue weighted by atomic mass is 9.87. The molecule has 0 spiro atoms. The van der Waals surface area contributed by atoms with Gasteiger partial charge in [0.05, 0.1) is 17.6 Å². The molecule has 1 N–H and O–H groups in total. The van der Waals surface area contributed by atoms with E-state index in [1.54, 1.807) is 4.68 Å². The lowest BCUT2D eigenvalue weighted by Crippen LogP contribution is -2.10. The van der Waals surface area contributed by atoms with Crippen molar-refractivity contribution in [2.75, 3.05) is 6.61 Å². The van der Waals surface area contributed by atoms with Crippen LogP contribution in [0.4, 0.5) is 0 Å². The van der Waals surface area contributed by atoms with Crippen LogP contribution in [0.5, 0.6) is 0 Å². The Bertz CT molecular complexity index is 523. The Labute approximate surface area is 114 Å². The van der Waals surface area contributed by atoms with Gasteiger partial charge in [-0.2, -0.15) is 0 Å². The molecule has 0 aliphatic carbocycles. The van der Waals surface area contributed by atoms with Crippen molar-refractivity contribution < 1.29 is 5.11 Å². The number of aryl methyl sites for hydroxylation is 1. The highest BCUT2D eigenvalue weighted by Gasteiger charge is 2.13. The Morgan fingerprint density at radius 1 is 1.16 bits per heavy atom. The predicted octanol–water partition coefficient (Wildman–Crippen LogP) is 2.49. The summed E-state index contributed by atoms with van der Waals surface area (Å²) in [5.41, 5.74) is 3.38. The molecule has 0 amide bonds. The molecule has 0 atom stereocenters. The van der Waals surface area contributed by atoms with Crippen molar-refractivity contribution in [2.45, 2.75) is 39.0 Å². The number of aliphatic hydroxyl groups is 1. The van der Waals surface area contributed by atoms with Crippen molar-refractivity contribution >= 4 is 0 Å². The van der Waals surface area contributed by atoms with Gasteiger partial charge in [0.2, 0.25) is 0 Å². The number of aromatic nitrogens is 3. The smallest absolute Gasteiger partial charge is 0.0832 e. The molecule has 0 fully saturated rings. The third-order valence-corrected chi connectivity index (χ3v) is 3.13. The number of aliphatic hydroxyl groups excluding tert-OH is 1. The van der Waals surface area contributed by atoms with Crippen molar-refractivity contribution in [3.8, 4) is 5.69 Å². The van der Waals surface area contributed by atoms with Crippen molar-refractivity contribution in [3.05, 3.63) is 41.7 Å². The summed E-state index contributed by atoms with van der Waals surface area (Å²) in [4.78, 5) is 0. The molecule has 0 unspecified atom stereocenters. The SMILES string of the molecule is CC(C)(C)c1ccc(-n2cc(CCCO)nn2)cc1. The lowest BCUT2D eigenvalue weighted by Gasteiger charge is -2.18. The second-order valence-electron chi connectivity index (χ2n) is 5.78. The van der Waals surface area contributed by atoms with E-state index in [0.29, 0.717) is 0 Å². The van der Waals surface area contributed by atoms with Gasteiger partial charge in [-0.05, 0) is 36.0 Å². The molecular weight excluding hydrogens is 238 g/mol. The van der Waals surface area contributed by atoms with E-state index in [4.69, 9.17) is 5.11 Å². The fourth-order valence-corrected chi connectivity index (χ4v) is 1.91. The third kappa shape index (κ3) is 3.41. The normalized spacial score (nSPS) is 11.8. The molecule has 0 saturated heterocycles. The third-order valence-electron chi connectivity index (χ3n) is 3.13. The van der Waals surface area contributed by atoms with E-state index < -0.39 is 0 Å². The minimum atomic E-state index is 0.160. The van der Waals surface area contributed by atoms with E-state index in [-0.39, 0.29) is 12.0 Å². The van der Waals surface area contributed by atoms with Crippen LogP contribution in [0.3, 0.4) is 0 Å². The van der Waals surface area contributed by atoms with Crippen molar-refractivity contribution in [2.24, 2.45) is 0 Å². The van der Waals surface area contributed by atoms with Gasteiger partial charge in [-0.25, -0.2) is 4.68 Å². The Morgan fingerprint density at radius 3 is 2.42 bits per heavy atom. The number of benzene rings is 1. The average molecular weight is 259 g/mol. The molecule has 0 radical (unpaired) electrons. The Balaban J connectivity index is 2.16. The first kappa shape index (κ1) is 13.7. The van der Waals surface area contributed by atoms with Crippen LogP contribution >= 0.6 is 0 Å². The van der Waals surface area contributed by atoms with Crippen LogP contribution in [0.15, 0.2) is 30.5 Å². The fraction of sp³-hybridized carbons (Fsp3) is 0.467. The van der Waals surface area contributed by atoms with Crippen LogP contribution in [0.2, 0.25) is 0 Å². The van der Waals surface area contributed by atoms with Crippen LogP contribution in [0, 0.1) is 0 Å². The van der Waals surface area contributed by atoms with Crippen molar-refractivity contribution in [1.82, 2.24) is 15.0 Å². The number of nitrogens with zero attached hydrogens (tertiary/aromatic N) is 3. The molecular formula is C15H21N3O. The maximum absolute atomic E-state index is 8.80. The molecule has 0 aliphatic rings. The summed E-state index contributed by atoms with van der Waals surface area (Å²) in [5, 5.41) is 17.0. The zero-order valence-electron chi connectivity index (χ0n) is 11.8. The van der Waals surface area contributed by atoms with E-state index >= 15 is 0 Å². The predicted molar refractivity (Wildman–Crippen MR) is 75.5 cm³/mol. The van der Waals surface area contributed by atoms with Crippen LogP contribution in [0.25, 0.3) is 5.69 Å². The molecule has 0 saturated carbocycles. The number of hydrogen-bond acceptors (Lipinski definition) is 3. The maximum Gasteiger partial charge on any atom is 0.0832 e. The topological polar surface area (TPSA) is 50.9 Å². The molecule has 2 rings (SSSR count). The highest BCUT2D eigenvalue weighted by atomic mass is 16.2. The van der Waals surface area contributed by atoms with E-state index in [1.807, 2.05) is 6.20 Å². The molecule has 1 aromatic carbocycles. The highest BCUT2D eigenvalue weighted by molar-refractivity contribution is 5.36. The standard InChI is InChI=1S/C15H21N3O/c1-15(2,3)12-6-8-14(9-7-12)18-11-13(16-17-18)5-4-10-19/h6-9,11,19H,4-5,10H2,1-3H3. The van der Waals surface area contributed by atoms with Gasteiger partial charge < -0.3 is 5.11 Å². The van der Waals surface area contributed by atoms with Gasteiger partial charge in [0.15, 0.2) is 0 Å². The Kier molecular flexibility index (Phi) is 4.00. The molecule has 19 heavy (non-hydrogen) atoms. The summed E-state index contributed by atoms with van der Waals surface area (Å²) >= 11 is 0. The first-order valence-electron chi connectivity index (χ1n) is 6.64. The molecule has 4 heteroatoms. The highest BCUT2D eigenvalue weighted by Crippen LogP contribution is 2.22. The molecule has 0 bridgehead atoms. The van der Waals surface area contributed by atoms with Crippen LogP contribution in [-0.4, -0.2) is 26.7 Å². The summed E-state index contributed by atoms with van der Waals surface area (Å²) in [6.07, 6.45) is 3.40. The average Bonchev–Trinajstić information content (AvgIpc) is 2.84. The van der Waals surface area contributed by atoms with E-state index in [1.165, 1.54) is 5.56 Å². The molecule has 2 aromatic rings. The van der Waals surface area contributed by atoms with Gasteiger partial charge in [-0.15, -0.1) is 5.10 Å². The Morgan fingerprint density at radius 2 is 1.84 bits per heavy atom. The Hall–Kier alpha value is -1.68.